The van der Waals surface area contributed by atoms with Crippen molar-refractivity contribution in [3.05, 3.63) is 92.6 Å². The fourth-order valence-corrected chi connectivity index (χ4v) is 3.39. The number of hydrogen-bond acceptors (Lipinski definition) is 7. The third-order valence-corrected chi connectivity index (χ3v) is 5.06. The summed E-state index contributed by atoms with van der Waals surface area (Å²) in [6.45, 7) is 1.05. The molecule has 0 fully saturated rings. The maximum Gasteiger partial charge on any atom is 0.341 e. The number of anilines is 1. The largest absolute Gasteiger partial charge is 0.465 e. The first-order valence-electron chi connectivity index (χ1n) is 10.0. The number of pyridine rings is 2. The summed E-state index contributed by atoms with van der Waals surface area (Å²) in [6.07, 6.45) is 2.68. The molecular formula is C23H18FN5O5. The Kier molecular flexibility index (Phi) is 6.00. The van der Waals surface area contributed by atoms with Gasteiger partial charge in [-0.15, -0.1) is 0 Å². The Morgan fingerprint density at radius 2 is 1.82 bits per heavy atom. The van der Waals surface area contributed by atoms with Gasteiger partial charge in [0.2, 0.25) is 5.91 Å². The van der Waals surface area contributed by atoms with Crippen LogP contribution in [0, 0.1) is 12.7 Å². The Balaban J connectivity index is 1.86. The number of rotatable bonds is 5. The van der Waals surface area contributed by atoms with Gasteiger partial charge in [-0.3, -0.25) is 14.2 Å². The molecule has 0 saturated carbocycles. The lowest BCUT2D eigenvalue weighted by Crippen LogP contribution is -2.42. The first-order chi connectivity index (χ1) is 16.3. The van der Waals surface area contributed by atoms with Crippen LogP contribution in [0.5, 0.6) is 0 Å². The van der Waals surface area contributed by atoms with E-state index in [1.165, 1.54) is 48.8 Å². The summed E-state index contributed by atoms with van der Waals surface area (Å²) < 4.78 is 20.2. The molecule has 1 aromatic carbocycles. The number of hydrogen-bond donors (Lipinski definition) is 1. The van der Waals surface area contributed by atoms with Crippen molar-refractivity contribution in [3.63, 3.8) is 0 Å². The van der Waals surface area contributed by atoms with E-state index in [-0.39, 0.29) is 28.1 Å². The van der Waals surface area contributed by atoms with Crippen molar-refractivity contribution in [2.24, 2.45) is 0 Å². The number of aryl methyl sites for hydroxylation is 1. The number of halogens is 1. The van der Waals surface area contributed by atoms with Crippen LogP contribution in [0.4, 0.5) is 10.1 Å². The van der Waals surface area contributed by atoms with Crippen molar-refractivity contribution in [1.29, 1.82) is 0 Å². The fourth-order valence-electron chi connectivity index (χ4n) is 3.39. The molecule has 0 bridgehead atoms. The Labute approximate surface area is 191 Å². The molecule has 4 rings (SSSR count). The molecule has 0 aliphatic carbocycles. The van der Waals surface area contributed by atoms with E-state index < -0.39 is 35.5 Å². The van der Waals surface area contributed by atoms with Crippen molar-refractivity contribution in [1.82, 2.24) is 19.1 Å². The monoisotopic (exact) mass is 463 g/mol. The number of amides is 1. The fraction of sp³-hybridized carbons (Fsp3) is 0.130. The maximum atomic E-state index is 13.8. The van der Waals surface area contributed by atoms with Gasteiger partial charge in [-0.05, 0) is 48.9 Å². The van der Waals surface area contributed by atoms with Gasteiger partial charge in [0.05, 0.1) is 12.5 Å². The van der Waals surface area contributed by atoms with Crippen LogP contribution in [-0.2, 0) is 16.1 Å². The van der Waals surface area contributed by atoms with Crippen LogP contribution in [0.2, 0.25) is 0 Å². The van der Waals surface area contributed by atoms with Crippen molar-refractivity contribution >= 4 is 28.6 Å². The second-order valence-electron chi connectivity index (χ2n) is 7.26. The molecule has 34 heavy (non-hydrogen) atoms. The van der Waals surface area contributed by atoms with E-state index in [9.17, 15) is 23.6 Å². The number of fused-ring (bicyclic) bond motifs is 1. The predicted octanol–water partition coefficient (Wildman–Crippen LogP) is 1.82. The van der Waals surface area contributed by atoms with Crippen LogP contribution in [0.15, 0.2) is 64.4 Å². The normalized spacial score (nSPS) is 10.8. The highest BCUT2D eigenvalue weighted by Gasteiger charge is 2.22. The lowest BCUT2D eigenvalue weighted by Gasteiger charge is -2.14. The Hall–Kier alpha value is -4.67. The summed E-state index contributed by atoms with van der Waals surface area (Å²) in [5.74, 6) is -2.20. The molecule has 1 N–H and O–H groups in total. The SMILES string of the molecule is COC(=O)c1cccnc1-n1c(=O)c2cccnc2n(CC(=O)Nc2ccc(C)c(F)c2)c1=O. The number of methoxy groups -OCH3 is 1. The number of carbonyl (C=O) groups is 2. The van der Waals surface area contributed by atoms with Crippen molar-refractivity contribution < 1.29 is 18.7 Å². The molecular weight excluding hydrogens is 445 g/mol. The summed E-state index contributed by atoms with van der Waals surface area (Å²) in [6, 6.07) is 9.93. The predicted molar refractivity (Wildman–Crippen MR) is 121 cm³/mol. The summed E-state index contributed by atoms with van der Waals surface area (Å²) >= 11 is 0. The van der Waals surface area contributed by atoms with E-state index in [0.29, 0.717) is 10.1 Å². The van der Waals surface area contributed by atoms with E-state index in [1.807, 2.05) is 0 Å². The van der Waals surface area contributed by atoms with E-state index >= 15 is 0 Å². The molecule has 4 aromatic rings. The van der Waals surface area contributed by atoms with Gasteiger partial charge in [0, 0.05) is 18.1 Å². The molecule has 0 spiro atoms. The highest BCUT2D eigenvalue weighted by atomic mass is 19.1. The van der Waals surface area contributed by atoms with Crippen molar-refractivity contribution in [3.8, 4) is 5.82 Å². The highest BCUT2D eigenvalue weighted by Crippen LogP contribution is 2.15. The van der Waals surface area contributed by atoms with Crippen LogP contribution in [0.1, 0.15) is 15.9 Å². The van der Waals surface area contributed by atoms with Crippen LogP contribution < -0.4 is 16.6 Å². The molecule has 0 unspecified atom stereocenters. The van der Waals surface area contributed by atoms with Gasteiger partial charge >= 0.3 is 11.7 Å². The van der Waals surface area contributed by atoms with Gasteiger partial charge in [0.25, 0.3) is 5.56 Å². The zero-order valence-corrected chi connectivity index (χ0v) is 18.1. The lowest BCUT2D eigenvalue weighted by molar-refractivity contribution is -0.116. The molecule has 11 heteroatoms. The molecule has 1 amide bonds. The molecule has 0 radical (unpaired) electrons. The van der Waals surface area contributed by atoms with E-state index in [2.05, 4.69) is 15.3 Å². The smallest absolute Gasteiger partial charge is 0.341 e. The van der Waals surface area contributed by atoms with Crippen LogP contribution >= 0.6 is 0 Å². The summed E-state index contributed by atoms with van der Waals surface area (Å²) in [4.78, 5) is 59.7. The van der Waals surface area contributed by atoms with Crippen LogP contribution in [0.3, 0.4) is 0 Å². The Morgan fingerprint density at radius 3 is 2.56 bits per heavy atom. The number of nitrogens with zero attached hydrogens (tertiary/aromatic N) is 4. The van der Waals surface area contributed by atoms with Gasteiger partial charge in [0.1, 0.15) is 23.6 Å². The molecule has 3 aromatic heterocycles. The summed E-state index contributed by atoms with van der Waals surface area (Å²) in [5, 5.41) is 2.55. The van der Waals surface area contributed by atoms with E-state index in [1.54, 1.807) is 6.92 Å². The van der Waals surface area contributed by atoms with E-state index in [0.717, 1.165) is 17.7 Å². The van der Waals surface area contributed by atoms with Crippen LogP contribution in [0.25, 0.3) is 16.9 Å². The number of benzene rings is 1. The zero-order valence-electron chi connectivity index (χ0n) is 18.1. The average Bonchev–Trinajstić information content (AvgIpc) is 2.84. The summed E-state index contributed by atoms with van der Waals surface area (Å²) in [5.41, 5.74) is -1.25. The molecule has 172 valence electrons. The number of ether oxygens (including phenoxy) is 1. The second-order valence-corrected chi connectivity index (χ2v) is 7.26. The Bertz CT molecular complexity index is 1560. The van der Waals surface area contributed by atoms with Crippen LogP contribution in [-0.4, -0.2) is 38.1 Å². The van der Waals surface area contributed by atoms with Crippen molar-refractivity contribution in [2.75, 3.05) is 12.4 Å². The lowest BCUT2D eigenvalue weighted by atomic mass is 10.2. The topological polar surface area (TPSA) is 125 Å². The van der Waals surface area contributed by atoms with Gasteiger partial charge < -0.3 is 10.1 Å². The quantitative estimate of drug-likeness (QED) is 0.448. The highest BCUT2D eigenvalue weighted by molar-refractivity contribution is 5.93. The number of esters is 1. The van der Waals surface area contributed by atoms with Gasteiger partial charge in [-0.1, -0.05) is 6.07 Å². The average molecular weight is 463 g/mol. The second kappa shape index (κ2) is 9.06. The van der Waals surface area contributed by atoms with E-state index in [4.69, 9.17) is 4.74 Å². The number of aromatic nitrogens is 4. The maximum absolute atomic E-state index is 13.8. The minimum absolute atomic E-state index is 0.0257. The first-order valence-corrected chi connectivity index (χ1v) is 10.0. The van der Waals surface area contributed by atoms with Gasteiger partial charge in [-0.25, -0.2) is 28.5 Å². The Morgan fingerprint density at radius 1 is 1.09 bits per heavy atom. The molecule has 3 heterocycles. The molecule has 10 nitrogen and oxygen atoms in total. The minimum Gasteiger partial charge on any atom is -0.465 e. The standard InChI is InChI=1S/C23H18FN5O5/c1-13-7-8-14(11-17(13)24)27-18(30)12-28-19-15(5-3-9-25-19)21(31)29(23(28)33)20-16(22(32)34-2)6-4-10-26-20/h3-11H,12H2,1-2H3,(H,27,30). The number of carbonyl (C=O) groups excluding carboxylic acids is 2. The summed E-state index contributed by atoms with van der Waals surface area (Å²) in [7, 11) is 1.16. The zero-order chi connectivity index (χ0) is 24.4. The van der Waals surface area contributed by atoms with Gasteiger partial charge in [0.15, 0.2) is 5.82 Å². The third-order valence-electron chi connectivity index (χ3n) is 5.06. The molecule has 0 atom stereocenters. The number of nitrogens with one attached hydrogen (secondary N) is 1. The minimum atomic E-state index is -0.940. The first kappa shape index (κ1) is 22.5. The van der Waals surface area contributed by atoms with Gasteiger partial charge in [-0.2, -0.15) is 0 Å². The van der Waals surface area contributed by atoms with Crippen molar-refractivity contribution in [2.45, 2.75) is 13.5 Å². The molecule has 0 saturated heterocycles. The third kappa shape index (κ3) is 4.06. The molecule has 0 aliphatic heterocycles. The molecule has 0 aliphatic rings.